The molecule has 1 saturated heterocycles. The number of rotatable bonds is 7. The van der Waals surface area contributed by atoms with E-state index < -0.39 is 40.2 Å². The van der Waals surface area contributed by atoms with Crippen molar-refractivity contribution in [3.63, 3.8) is 0 Å². The lowest BCUT2D eigenvalue weighted by Crippen LogP contribution is -2.47. The molecule has 1 aliphatic heterocycles. The first-order valence-corrected chi connectivity index (χ1v) is 11.9. The molecule has 0 aliphatic carbocycles. The molecule has 2 aromatic rings. The van der Waals surface area contributed by atoms with E-state index >= 15 is 0 Å². The van der Waals surface area contributed by atoms with Gasteiger partial charge in [0.05, 0.1) is 29.6 Å². The summed E-state index contributed by atoms with van der Waals surface area (Å²) in [6.07, 6.45) is 0.0960. The normalized spacial score (nSPS) is 19.6. The summed E-state index contributed by atoms with van der Waals surface area (Å²) in [6, 6.07) is 11.7. The topological polar surface area (TPSA) is 119 Å². The van der Waals surface area contributed by atoms with Gasteiger partial charge in [-0.05, 0) is 24.3 Å². The van der Waals surface area contributed by atoms with Crippen molar-refractivity contribution >= 4 is 23.5 Å². The molecule has 9 heteroatoms. The van der Waals surface area contributed by atoms with Gasteiger partial charge in [0.1, 0.15) is 6.04 Å². The predicted octanol–water partition coefficient (Wildman–Crippen LogP) is 4.09. The maximum absolute atomic E-state index is 13.6. The molecule has 0 spiro atoms. The number of nitro benzene ring substituents is 1. The van der Waals surface area contributed by atoms with Crippen LogP contribution < -0.4 is 5.32 Å². The molecular weight excluding hydrogens is 462 g/mol. The molecule has 0 aromatic heterocycles. The monoisotopic (exact) mass is 495 g/mol. The summed E-state index contributed by atoms with van der Waals surface area (Å²) in [6.45, 7) is 7.90. The first-order valence-electron chi connectivity index (χ1n) is 11.9. The SMILES string of the molecule is COC(=O)C1CC(C(=O)NCc2ccc(C)cc2)N(C(=O)CC(C)(C)C)C1c1ccccc1[N+](=O)[O-]. The van der Waals surface area contributed by atoms with Crippen molar-refractivity contribution in [2.45, 2.75) is 59.2 Å². The highest BCUT2D eigenvalue weighted by molar-refractivity contribution is 5.91. The number of hydrogen-bond donors (Lipinski definition) is 1. The van der Waals surface area contributed by atoms with Crippen molar-refractivity contribution in [3.05, 3.63) is 75.3 Å². The van der Waals surface area contributed by atoms with E-state index in [0.29, 0.717) is 0 Å². The molecule has 1 N–H and O–H groups in total. The number of nitrogens with one attached hydrogen (secondary N) is 1. The lowest BCUT2D eigenvalue weighted by atomic mass is 9.89. The first kappa shape index (κ1) is 26.8. The third kappa shape index (κ3) is 6.08. The number of likely N-dealkylation sites (tertiary alicyclic amines) is 1. The van der Waals surface area contributed by atoms with Crippen LogP contribution in [0.5, 0.6) is 0 Å². The molecule has 0 saturated carbocycles. The Morgan fingerprint density at radius 2 is 1.75 bits per heavy atom. The molecule has 9 nitrogen and oxygen atoms in total. The molecule has 0 radical (unpaired) electrons. The number of carbonyl (C=O) groups is 3. The Hall–Kier alpha value is -3.75. The molecule has 3 unspecified atom stereocenters. The fourth-order valence-electron chi connectivity index (χ4n) is 4.64. The third-order valence-electron chi connectivity index (χ3n) is 6.31. The van der Waals surface area contributed by atoms with Gasteiger partial charge in [0, 0.05) is 19.0 Å². The van der Waals surface area contributed by atoms with Gasteiger partial charge in [-0.25, -0.2) is 0 Å². The van der Waals surface area contributed by atoms with Gasteiger partial charge in [0.2, 0.25) is 11.8 Å². The lowest BCUT2D eigenvalue weighted by molar-refractivity contribution is -0.386. The van der Waals surface area contributed by atoms with Crippen molar-refractivity contribution in [2.24, 2.45) is 11.3 Å². The Morgan fingerprint density at radius 1 is 1.11 bits per heavy atom. The van der Waals surface area contributed by atoms with Crippen LogP contribution in [0.3, 0.4) is 0 Å². The van der Waals surface area contributed by atoms with Gasteiger partial charge < -0.3 is 15.0 Å². The number of nitrogens with zero attached hydrogens (tertiary/aromatic N) is 2. The van der Waals surface area contributed by atoms with Crippen LogP contribution in [0, 0.1) is 28.4 Å². The van der Waals surface area contributed by atoms with Crippen molar-refractivity contribution in [3.8, 4) is 0 Å². The number of amides is 2. The average molecular weight is 496 g/mol. The van der Waals surface area contributed by atoms with Crippen LogP contribution >= 0.6 is 0 Å². The van der Waals surface area contributed by atoms with Gasteiger partial charge in [-0.3, -0.25) is 24.5 Å². The summed E-state index contributed by atoms with van der Waals surface area (Å²) in [5.74, 6) is -2.34. The number of aryl methyl sites for hydroxylation is 1. The number of nitro groups is 1. The fraction of sp³-hybridized carbons (Fsp3) is 0.444. The van der Waals surface area contributed by atoms with Crippen LogP contribution in [-0.2, 0) is 25.7 Å². The first-order chi connectivity index (χ1) is 16.9. The molecule has 36 heavy (non-hydrogen) atoms. The second-order valence-corrected chi connectivity index (χ2v) is 10.4. The minimum atomic E-state index is -1.01. The highest BCUT2D eigenvalue weighted by Crippen LogP contribution is 2.45. The number of esters is 1. The fourth-order valence-corrected chi connectivity index (χ4v) is 4.64. The van der Waals surface area contributed by atoms with Gasteiger partial charge in [0.15, 0.2) is 0 Å². The standard InChI is InChI=1S/C27H33N3O6/c1-17-10-12-18(13-11-17)16-28-25(32)22-14-20(26(33)36-5)24(29(22)23(31)15-27(2,3)4)19-8-6-7-9-21(19)30(34)35/h6-13,20,22,24H,14-16H2,1-5H3,(H,28,32). The molecule has 2 amide bonds. The van der Waals surface area contributed by atoms with Crippen LogP contribution in [-0.4, -0.2) is 40.8 Å². The third-order valence-corrected chi connectivity index (χ3v) is 6.31. The van der Waals surface area contributed by atoms with E-state index in [1.165, 1.54) is 30.2 Å². The lowest BCUT2D eigenvalue weighted by Gasteiger charge is -2.33. The minimum Gasteiger partial charge on any atom is -0.469 e. The van der Waals surface area contributed by atoms with Crippen LogP contribution in [0.25, 0.3) is 0 Å². The number of methoxy groups -OCH3 is 1. The molecule has 3 atom stereocenters. The number of hydrogen-bond acceptors (Lipinski definition) is 6. The zero-order valence-corrected chi connectivity index (χ0v) is 21.3. The van der Waals surface area contributed by atoms with E-state index in [9.17, 15) is 24.5 Å². The van der Waals surface area contributed by atoms with E-state index in [-0.39, 0.29) is 36.5 Å². The molecule has 1 fully saturated rings. The second kappa shape index (κ2) is 10.9. The highest BCUT2D eigenvalue weighted by atomic mass is 16.6. The average Bonchev–Trinajstić information content (AvgIpc) is 3.22. The molecular formula is C27H33N3O6. The van der Waals surface area contributed by atoms with Crippen LogP contribution in [0.4, 0.5) is 5.69 Å². The number of benzene rings is 2. The maximum Gasteiger partial charge on any atom is 0.311 e. The summed E-state index contributed by atoms with van der Waals surface area (Å²) in [7, 11) is 1.23. The Bertz CT molecular complexity index is 1140. The molecule has 2 aromatic carbocycles. The number of para-hydroxylation sites is 1. The zero-order chi connectivity index (χ0) is 26.6. The predicted molar refractivity (Wildman–Crippen MR) is 134 cm³/mol. The van der Waals surface area contributed by atoms with Crippen molar-refractivity contribution in [2.75, 3.05) is 7.11 Å². The van der Waals surface area contributed by atoms with E-state index in [4.69, 9.17) is 4.74 Å². The van der Waals surface area contributed by atoms with E-state index in [1.807, 2.05) is 52.0 Å². The highest BCUT2D eigenvalue weighted by Gasteiger charge is 2.52. The number of carbonyl (C=O) groups excluding carboxylic acids is 3. The van der Waals surface area contributed by atoms with Gasteiger partial charge in [-0.15, -0.1) is 0 Å². The van der Waals surface area contributed by atoms with Gasteiger partial charge in [-0.1, -0.05) is 68.8 Å². The van der Waals surface area contributed by atoms with Gasteiger partial charge in [0.25, 0.3) is 5.69 Å². The van der Waals surface area contributed by atoms with Crippen LogP contribution in [0.15, 0.2) is 48.5 Å². The minimum absolute atomic E-state index is 0.000989. The Labute approximate surface area is 211 Å². The Kier molecular flexibility index (Phi) is 8.12. The molecule has 192 valence electrons. The summed E-state index contributed by atoms with van der Waals surface area (Å²) in [5.41, 5.74) is 1.56. The van der Waals surface area contributed by atoms with Crippen LogP contribution in [0.1, 0.15) is 56.3 Å². The second-order valence-electron chi connectivity index (χ2n) is 10.4. The van der Waals surface area contributed by atoms with Crippen LogP contribution in [0.2, 0.25) is 0 Å². The summed E-state index contributed by atoms with van der Waals surface area (Å²) in [4.78, 5) is 52.6. The summed E-state index contributed by atoms with van der Waals surface area (Å²) < 4.78 is 5.01. The largest absolute Gasteiger partial charge is 0.469 e. The van der Waals surface area contributed by atoms with Gasteiger partial charge in [-0.2, -0.15) is 0 Å². The molecule has 1 aliphatic rings. The van der Waals surface area contributed by atoms with E-state index in [1.54, 1.807) is 6.07 Å². The van der Waals surface area contributed by atoms with Crippen molar-refractivity contribution in [1.82, 2.24) is 10.2 Å². The Balaban J connectivity index is 2.03. The quantitative estimate of drug-likeness (QED) is 0.351. The smallest absolute Gasteiger partial charge is 0.311 e. The molecule has 0 bridgehead atoms. The van der Waals surface area contributed by atoms with Crippen molar-refractivity contribution in [1.29, 1.82) is 0 Å². The van der Waals surface area contributed by atoms with E-state index in [0.717, 1.165) is 11.1 Å². The maximum atomic E-state index is 13.6. The molecule has 3 rings (SSSR count). The molecule has 1 heterocycles. The zero-order valence-electron chi connectivity index (χ0n) is 21.3. The number of ether oxygens (including phenoxy) is 1. The summed E-state index contributed by atoms with van der Waals surface area (Å²) in [5, 5.41) is 14.7. The van der Waals surface area contributed by atoms with Crippen molar-refractivity contribution < 1.29 is 24.0 Å². The summed E-state index contributed by atoms with van der Waals surface area (Å²) >= 11 is 0. The Morgan fingerprint density at radius 3 is 2.33 bits per heavy atom. The van der Waals surface area contributed by atoms with E-state index in [2.05, 4.69) is 5.32 Å². The van der Waals surface area contributed by atoms with Gasteiger partial charge >= 0.3 is 5.97 Å².